The molecule has 0 bridgehead atoms. The standard InChI is InChI=1S/C23H27N3O/c1-2-25(19-13-7-4-8-14-19)22(27)17-26-21-16-10-9-15-20(21)24-23(26)18-11-5-3-6-12-18/h4,7-10,13-16,18H,2-3,5-6,11-12,17H2,1H3. The summed E-state index contributed by atoms with van der Waals surface area (Å²) < 4.78 is 2.17. The van der Waals surface area contributed by atoms with Crippen LogP contribution in [0.3, 0.4) is 0 Å². The first-order valence-corrected chi connectivity index (χ1v) is 10.1. The minimum atomic E-state index is 0.115. The maximum atomic E-state index is 13.2. The van der Waals surface area contributed by atoms with E-state index in [1.54, 1.807) is 0 Å². The molecule has 0 N–H and O–H groups in total. The van der Waals surface area contributed by atoms with Crippen molar-refractivity contribution in [2.45, 2.75) is 51.5 Å². The van der Waals surface area contributed by atoms with Crippen molar-refractivity contribution in [2.75, 3.05) is 11.4 Å². The lowest BCUT2D eigenvalue weighted by Crippen LogP contribution is -2.34. The van der Waals surface area contributed by atoms with Gasteiger partial charge in [0.05, 0.1) is 11.0 Å². The van der Waals surface area contributed by atoms with Crippen LogP contribution in [0.25, 0.3) is 11.0 Å². The van der Waals surface area contributed by atoms with E-state index in [0.717, 1.165) is 22.5 Å². The van der Waals surface area contributed by atoms with Gasteiger partial charge in [-0.2, -0.15) is 0 Å². The second kappa shape index (κ2) is 7.95. The quantitative estimate of drug-likeness (QED) is 0.631. The molecule has 1 fully saturated rings. The minimum absolute atomic E-state index is 0.115. The zero-order valence-electron chi connectivity index (χ0n) is 16.0. The lowest BCUT2D eigenvalue weighted by atomic mass is 9.88. The van der Waals surface area contributed by atoms with E-state index in [-0.39, 0.29) is 5.91 Å². The highest BCUT2D eigenvalue weighted by atomic mass is 16.2. The van der Waals surface area contributed by atoms with Crippen molar-refractivity contribution in [3.8, 4) is 0 Å². The highest BCUT2D eigenvalue weighted by Crippen LogP contribution is 2.34. The number of carbonyl (C=O) groups excluding carboxylic acids is 1. The maximum Gasteiger partial charge on any atom is 0.246 e. The Morgan fingerprint density at radius 2 is 1.74 bits per heavy atom. The van der Waals surface area contributed by atoms with Gasteiger partial charge < -0.3 is 9.47 Å². The fourth-order valence-electron chi connectivity index (χ4n) is 4.26. The topological polar surface area (TPSA) is 38.1 Å². The van der Waals surface area contributed by atoms with Gasteiger partial charge in [-0.1, -0.05) is 49.6 Å². The van der Waals surface area contributed by atoms with E-state index in [2.05, 4.69) is 16.7 Å². The molecule has 1 aromatic heterocycles. The molecule has 1 saturated carbocycles. The number of hydrogen-bond donors (Lipinski definition) is 0. The molecule has 1 aliphatic rings. The summed E-state index contributed by atoms with van der Waals surface area (Å²) >= 11 is 0. The monoisotopic (exact) mass is 361 g/mol. The molecule has 1 aliphatic carbocycles. The number of hydrogen-bond acceptors (Lipinski definition) is 2. The Morgan fingerprint density at radius 1 is 1.04 bits per heavy atom. The van der Waals surface area contributed by atoms with E-state index < -0.39 is 0 Å². The predicted molar refractivity (Wildman–Crippen MR) is 110 cm³/mol. The molecule has 0 atom stereocenters. The van der Waals surface area contributed by atoms with Crippen molar-refractivity contribution in [1.29, 1.82) is 0 Å². The summed E-state index contributed by atoms with van der Waals surface area (Å²) in [6.07, 6.45) is 6.18. The summed E-state index contributed by atoms with van der Waals surface area (Å²) in [6.45, 7) is 3.03. The number of carbonyl (C=O) groups is 1. The molecule has 140 valence electrons. The average molecular weight is 361 g/mol. The van der Waals surface area contributed by atoms with E-state index in [1.807, 2.05) is 54.3 Å². The second-order valence-electron chi connectivity index (χ2n) is 7.35. The van der Waals surface area contributed by atoms with Crippen LogP contribution in [0.4, 0.5) is 5.69 Å². The van der Waals surface area contributed by atoms with Crippen molar-refractivity contribution in [1.82, 2.24) is 9.55 Å². The Hall–Kier alpha value is -2.62. The van der Waals surface area contributed by atoms with Crippen LogP contribution in [0, 0.1) is 0 Å². The van der Waals surface area contributed by atoms with Crippen molar-refractivity contribution >= 4 is 22.6 Å². The highest BCUT2D eigenvalue weighted by Gasteiger charge is 2.24. The number of benzene rings is 2. The van der Waals surface area contributed by atoms with Crippen molar-refractivity contribution in [3.05, 3.63) is 60.4 Å². The normalized spacial score (nSPS) is 15.1. The Bertz CT molecular complexity index is 910. The van der Waals surface area contributed by atoms with Crippen molar-refractivity contribution < 1.29 is 4.79 Å². The van der Waals surface area contributed by atoms with Crippen LogP contribution in [0.1, 0.15) is 50.8 Å². The number of likely N-dealkylation sites (N-methyl/N-ethyl adjacent to an activating group) is 1. The molecule has 1 amide bonds. The van der Waals surface area contributed by atoms with Gasteiger partial charge in [0.15, 0.2) is 0 Å². The molecule has 3 aromatic rings. The first kappa shape index (κ1) is 17.8. The largest absolute Gasteiger partial charge is 0.318 e. The molecule has 0 spiro atoms. The number of aromatic nitrogens is 2. The third kappa shape index (κ3) is 3.61. The lowest BCUT2D eigenvalue weighted by Gasteiger charge is -2.25. The van der Waals surface area contributed by atoms with Crippen LogP contribution < -0.4 is 4.90 Å². The Morgan fingerprint density at radius 3 is 2.48 bits per heavy atom. The third-order valence-corrected chi connectivity index (χ3v) is 5.63. The summed E-state index contributed by atoms with van der Waals surface area (Å²) in [5, 5.41) is 0. The van der Waals surface area contributed by atoms with E-state index >= 15 is 0 Å². The summed E-state index contributed by atoms with van der Waals surface area (Å²) in [5.41, 5.74) is 3.01. The molecular weight excluding hydrogens is 334 g/mol. The number of amides is 1. The molecule has 0 unspecified atom stereocenters. The second-order valence-corrected chi connectivity index (χ2v) is 7.35. The van der Waals surface area contributed by atoms with E-state index in [4.69, 9.17) is 4.98 Å². The van der Waals surface area contributed by atoms with Crippen LogP contribution in [-0.4, -0.2) is 22.0 Å². The Kier molecular flexibility index (Phi) is 5.23. The summed E-state index contributed by atoms with van der Waals surface area (Å²) in [4.78, 5) is 20.0. The fourth-order valence-corrected chi connectivity index (χ4v) is 4.26. The van der Waals surface area contributed by atoms with Gasteiger partial charge in [0.2, 0.25) is 5.91 Å². The Labute approximate surface area is 160 Å². The van der Waals surface area contributed by atoms with Gasteiger partial charge in [0.1, 0.15) is 12.4 Å². The van der Waals surface area contributed by atoms with Gasteiger partial charge in [-0.25, -0.2) is 4.98 Å². The first-order valence-electron chi connectivity index (χ1n) is 10.1. The number of fused-ring (bicyclic) bond motifs is 1. The molecule has 4 rings (SSSR count). The number of rotatable bonds is 5. The van der Waals surface area contributed by atoms with Crippen molar-refractivity contribution in [2.24, 2.45) is 0 Å². The molecule has 27 heavy (non-hydrogen) atoms. The van der Waals surface area contributed by atoms with Crippen LogP contribution in [-0.2, 0) is 11.3 Å². The van der Waals surface area contributed by atoms with Crippen LogP contribution in [0.2, 0.25) is 0 Å². The van der Waals surface area contributed by atoms with E-state index in [0.29, 0.717) is 19.0 Å². The number of imidazole rings is 1. The smallest absolute Gasteiger partial charge is 0.246 e. The third-order valence-electron chi connectivity index (χ3n) is 5.63. The van der Waals surface area contributed by atoms with Gasteiger partial charge in [-0.05, 0) is 44.0 Å². The fraction of sp³-hybridized carbons (Fsp3) is 0.391. The number of anilines is 1. The molecule has 0 radical (unpaired) electrons. The maximum absolute atomic E-state index is 13.2. The summed E-state index contributed by atoms with van der Waals surface area (Å²) in [5.74, 6) is 1.67. The van der Waals surface area contributed by atoms with Gasteiger partial charge >= 0.3 is 0 Å². The number of nitrogens with zero attached hydrogens (tertiary/aromatic N) is 3. The first-order chi connectivity index (χ1) is 13.3. The molecule has 0 saturated heterocycles. The summed E-state index contributed by atoms with van der Waals surface area (Å²) in [6, 6.07) is 18.1. The lowest BCUT2D eigenvalue weighted by molar-refractivity contribution is -0.119. The zero-order chi connectivity index (χ0) is 18.6. The molecule has 0 aliphatic heterocycles. The molecule has 4 heteroatoms. The van der Waals surface area contributed by atoms with Crippen LogP contribution in [0.15, 0.2) is 54.6 Å². The summed E-state index contributed by atoms with van der Waals surface area (Å²) in [7, 11) is 0. The molecular formula is C23H27N3O. The van der Waals surface area contributed by atoms with Crippen LogP contribution >= 0.6 is 0 Å². The van der Waals surface area contributed by atoms with E-state index in [1.165, 1.54) is 32.1 Å². The minimum Gasteiger partial charge on any atom is -0.318 e. The SMILES string of the molecule is CCN(C(=O)Cn1c(C2CCCCC2)nc2ccccc21)c1ccccc1. The van der Waals surface area contributed by atoms with E-state index in [9.17, 15) is 4.79 Å². The van der Waals surface area contributed by atoms with Crippen molar-refractivity contribution in [3.63, 3.8) is 0 Å². The number of para-hydroxylation sites is 3. The van der Waals surface area contributed by atoms with Gasteiger partial charge in [0.25, 0.3) is 0 Å². The average Bonchev–Trinajstić information content (AvgIpc) is 3.08. The Balaban J connectivity index is 1.68. The molecule has 4 nitrogen and oxygen atoms in total. The highest BCUT2D eigenvalue weighted by molar-refractivity contribution is 5.94. The molecule has 1 heterocycles. The van der Waals surface area contributed by atoms with Gasteiger partial charge in [-0.3, -0.25) is 4.79 Å². The van der Waals surface area contributed by atoms with Gasteiger partial charge in [-0.15, -0.1) is 0 Å². The van der Waals surface area contributed by atoms with Crippen LogP contribution in [0.5, 0.6) is 0 Å². The zero-order valence-corrected chi connectivity index (χ0v) is 16.0. The molecule has 2 aromatic carbocycles. The predicted octanol–water partition coefficient (Wildman–Crippen LogP) is 5.14. The van der Waals surface area contributed by atoms with Gasteiger partial charge in [0, 0.05) is 18.2 Å².